The normalized spacial score (nSPS) is 46.3. The Labute approximate surface area is 330 Å². The molecule has 312 valence electrons. The summed E-state index contributed by atoms with van der Waals surface area (Å²) in [5.41, 5.74) is -1.38. The van der Waals surface area contributed by atoms with Gasteiger partial charge in [0, 0.05) is 24.2 Å². The summed E-state index contributed by atoms with van der Waals surface area (Å²) in [6, 6.07) is 0. The molecular formula is C45H72O10. The fourth-order valence-electron chi connectivity index (χ4n) is 12.0. The maximum Gasteiger partial charge on any atom is 0.309 e. The van der Waals surface area contributed by atoms with Gasteiger partial charge in [-0.2, -0.15) is 0 Å². The number of aliphatic carboxylic acids is 1. The van der Waals surface area contributed by atoms with Crippen molar-refractivity contribution in [2.24, 2.45) is 52.3 Å². The molecule has 2 spiro atoms. The van der Waals surface area contributed by atoms with Gasteiger partial charge in [0.05, 0.1) is 53.6 Å². The second-order valence-electron chi connectivity index (χ2n) is 19.4. The quantitative estimate of drug-likeness (QED) is 0.200. The highest BCUT2D eigenvalue weighted by molar-refractivity contribution is 5.97. The Hall–Kier alpha value is -1.69. The number of aliphatic hydroxyl groups is 1. The van der Waals surface area contributed by atoms with Crippen molar-refractivity contribution in [2.75, 3.05) is 0 Å². The van der Waals surface area contributed by atoms with Crippen LogP contribution in [-0.2, 0) is 38.1 Å². The molecule has 5 heterocycles. The summed E-state index contributed by atoms with van der Waals surface area (Å²) in [5, 5.41) is 21.7. The molecule has 10 nitrogen and oxygen atoms in total. The van der Waals surface area contributed by atoms with E-state index < -0.39 is 58.7 Å². The van der Waals surface area contributed by atoms with E-state index in [-0.39, 0.29) is 64.9 Å². The number of ether oxygens (including phenoxy) is 5. The van der Waals surface area contributed by atoms with E-state index in [9.17, 15) is 24.6 Å². The van der Waals surface area contributed by atoms with Crippen LogP contribution in [0.5, 0.6) is 0 Å². The first-order valence-corrected chi connectivity index (χ1v) is 21.9. The molecule has 0 aromatic carbocycles. The minimum absolute atomic E-state index is 0.0213. The van der Waals surface area contributed by atoms with E-state index in [1.165, 1.54) is 0 Å². The summed E-state index contributed by atoms with van der Waals surface area (Å²) in [4.78, 5) is 40.6. The second-order valence-corrected chi connectivity index (χ2v) is 19.4. The van der Waals surface area contributed by atoms with Gasteiger partial charge in [-0.1, -0.05) is 62.3 Å². The van der Waals surface area contributed by atoms with E-state index in [1.54, 1.807) is 12.2 Å². The van der Waals surface area contributed by atoms with Crippen LogP contribution >= 0.6 is 0 Å². The third-order valence-electron chi connectivity index (χ3n) is 16.3. The number of Topliss-reactive ketones (excluding diaryl/α,β-unsaturated/α-hetero) is 1. The van der Waals surface area contributed by atoms with Crippen molar-refractivity contribution in [3.8, 4) is 0 Å². The minimum atomic E-state index is -1.50. The van der Waals surface area contributed by atoms with Gasteiger partial charge < -0.3 is 33.9 Å². The fraction of sp³-hybridized carbons (Fsp3) is 0.889. The first kappa shape index (κ1) is 42.9. The lowest BCUT2D eigenvalue weighted by Gasteiger charge is -2.53. The molecule has 3 unspecified atom stereocenters. The van der Waals surface area contributed by atoms with Crippen LogP contribution in [0.1, 0.15) is 147 Å². The van der Waals surface area contributed by atoms with Gasteiger partial charge in [0.2, 0.25) is 11.6 Å². The van der Waals surface area contributed by atoms with Crippen LogP contribution in [0.4, 0.5) is 0 Å². The van der Waals surface area contributed by atoms with Gasteiger partial charge in [0.15, 0.2) is 5.79 Å². The van der Waals surface area contributed by atoms with E-state index in [1.807, 2.05) is 20.8 Å². The first-order chi connectivity index (χ1) is 25.8. The van der Waals surface area contributed by atoms with Crippen molar-refractivity contribution < 1.29 is 48.3 Å². The SMILES string of the molecule is CCC(C(=O)O)[C@H]1CC[C@H](C)[C@H]([C@@H](C)[C@H](O)[C@H](C)C(=O)C2([C@H]3O[C@]4(C=CC(=O)[C@]5(CC[C@@](C)([C@H]6CCC(CC)(CC)[C@H](C)O6)O5)O4)[C@H](C)C[C@@H]3C)CC2C)O1. The van der Waals surface area contributed by atoms with Crippen LogP contribution in [0.25, 0.3) is 0 Å². The smallest absolute Gasteiger partial charge is 0.309 e. The molecule has 2 N–H and O–H groups in total. The first-order valence-electron chi connectivity index (χ1n) is 21.9. The highest BCUT2D eigenvalue weighted by Gasteiger charge is 2.69. The van der Waals surface area contributed by atoms with Crippen molar-refractivity contribution in [1.82, 2.24) is 0 Å². The number of hydrogen-bond donors (Lipinski definition) is 2. The van der Waals surface area contributed by atoms with E-state index in [4.69, 9.17) is 23.7 Å². The van der Waals surface area contributed by atoms with E-state index >= 15 is 0 Å². The third kappa shape index (κ3) is 7.13. The van der Waals surface area contributed by atoms with Gasteiger partial charge in [0.1, 0.15) is 5.78 Å². The van der Waals surface area contributed by atoms with Crippen LogP contribution in [0.2, 0.25) is 0 Å². The third-order valence-corrected chi connectivity index (χ3v) is 16.3. The molecule has 0 amide bonds. The summed E-state index contributed by atoms with van der Waals surface area (Å²) in [6.07, 6.45) is 9.32. The molecule has 0 aromatic rings. The largest absolute Gasteiger partial charge is 0.481 e. The highest BCUT2D eigenvalue weighted by Crippen LogP contribution is 2.63. The number of carboxylic acid groups (broad SMARTS) is 1. The maximum atomic E-state index is 14.8. The monoisotopic (exact) mass is 773 g/mol. The standard InChI is InChI=1S/C45H72O10/c1-12-32(40(49)50)33-16-15-25(4)37(52-33)29(8)36(47)30(9)38(48)43(24-28(43)7)39-26(5)23-27(6)44(53-39)20-17-34(46)45(55-44)22-21-41(11,54-45)35-18-19-42(13-2,14-3)31(10)51-35/h17,20,25-33,35-37,39,47H,12-16,18-19,21-24H2,1-11H3,(H,49,50)/t25-,26-,27+,28?,29-,30-,31-,32?,33+,35+,36-,37+,39-,41-,43?,44-,45-/m0/s1. The molecule has 1 saturated carbocycles. The molecule has 6 aliphatic rings. The zero-order valence-electron chi connectivity index (χ0n) is 35.6. The molecule has 0 aromatic heterocycles. The van der Waals surface area contributed by atoms with Gasteiger partial charge in [-0.15, -0.1) is 0 Å². The highest BCUT2D eigenvalue weighted by atomic mass is 16.8. The summed E-state index contributed by atoms with van der Waals surface area (Å²) in [6.45, 7) is 22.7. The Bertz CT molecular complexity index is 1470. The number of aliphatic hydroxyl groups excluding tert-OH is 1. The van der Waals surface area contributed by atoms with Crippen LogP contribution in [-0.4, -0.2) is 81.5 Å². The summed E-state index contributed by atoms with van der Waals surface area (Å²) in [7, 11) is 0. The molecular weight excluding hydrogens is 700 g/mol. The Balaban J connectivity index is 1.19. The van der Waals surface area contributed by atoms with E-state index in [0.29, 0.717) is 32.1 Å². The molecule has 0 bridgehead atoms. The zero-order valence-corrected chi connectivity index (χ0v) is 35.6. The molecule has 0 radical (unpaired) electrons. The van der Waals surface area contributed by atoms with E-state index in [0.717, 1.165) is 38.5 Å². The molecule has 5 fully saturated rings. The molecule has 5 aliphatic heterocycles. The lowest BCUT2D eigenvalue weighted by atomic mass is 9.70. The molecule has 10 heteroatoms. The number of ketones is 2. The zero-order chi connectivity index (χ0) is 40.5. The molecule has 1 aliphatic carbocycles. The Morgan fingerprint density at radius 2 is 1.58 bits per heavy atom. The summed E-state index contributed by atoms with van der Waals surface area (Å²) < 4.78 is 34.1. The van der Waals surface area contributed by atoms with Gasteiger partial charge in [-0.25, -0.2) is 0 Å². The van der Waals surface area contributed by atoms with E-state index in [2.05, 4.69) is 55.4 Å². The topological polar surface area (TPSA) is 138 Å². The number of hydrogen-bond acceptors (Lipinski definition) is 9. The van der Waals surface area contributed by atoms with Crippen LogP contribution < -0.4 is 0 Å². The molecule has 17 atom stereocenters. The Morgan fingerprint density at radius 1 is 0.909 bits per heavy atom. The fourth-order valence-corrected chi connectivity index (χ4v) is 12.0. The number of carbonyl (C=O) groups is 3. The molecule has 6 rings (SSSR count). The number of carboxylic acids is 1. The van der Waals surface area contributed by atoms with Crippen LogP contribution in [0.3, 0.4) is 0 Å². The number of rotatable bonds is 12. The van der Waals surface area contributed by atoms with Gasteiger partial charge in [-0.05, 0) is 113 Å². The van der Waals surface area contributed by atoms with Crippen LogP contribution in [0.15, 0.2) is 12.2 Å². The Kier molecular flexibility index (Phi) is 12.1. The molecule has 55 heavy (non-hydrogen) atoms. The summed E-state index contributed by atoms with van der Waals surface area (Å²) >= 11 is 0. The van der Waals surface area contributed by atoms with Crippen molar-refractivity contribution in [2.45, 2.75) is 201 Å². The van der Waals surface area contributed by atoms with Crippen molar-refractivity contribution in [3.63, 3.8) is 0 Å². The van der Waals surface area contributed by atoms with Crippen LogP contribution in [0, 0.1) is 52.3 Å². The number of carbonyl (C=O) groups excluding carboxylic acids is 2. The lowest BCUT2D eigenvalue weighted by molar-refractivity contribution is -0.379. The van der Waals surface area contributed by atoms with Gasteiger partial charge >= 0.3 is 5.97 Å². The average Bonchev–Trinajstić information content (AvgIpc) is 3.72. The average molecular weight is 773 g/mol. The Morgan fingerprint density at radius 3 is 2.16 bits per heavy atom. The van der Waals surface area contributed by atoms with Gasteiger partial charge in [0.25, 0.3) is 0 Å². The second kappa shape index (κ2) is 15.5. The van der Waals surface area contributed by atoms with Crippen molar-refractivity contribution in [1.29, 1.82) is 0 Å². The van der Waals surface area contributed by atoms with Crippen molar-refractivity contribution >= 4 is 17.5 Å². The van der Waals surface area contributed by atoms with Gasteiger partial charge in [-0.3, -0.25) is 14.4 Å². The predicted octanol–water partition coefficient (Wildman–Crippen LogP) is 8.06. The summed E-state index contributed by atoms with van der Waals surface area (Å²) in [5.74, 6) is -5.49. The predicted molar refractivity (Wildman–Crippen MR) is 208 cm³/mol. The molecule has 4 saturated heterocycles. The lowest BCUT2D eigenvalue weighted by Crippen LogP contribution is -2.62. The maximum absolute atomic E-state index is 14.8. The minimum Gasteiger partial charge on any atom is -0.481 e. The van der Waals surface area contributed by atoms with Crippen molar-refractivity contribution in [3.05, 3.63) is 12.2 Å².